The van der Waals surface area contributed by atoms with Gasteiger partial charge in [-0.3, -0.25) is 9.89 Å². The van der Waals surface area contributed by atoms with Crippen LogP contribution in [0.25, 0.3) is 0 Å². The molecule has 18 heavy (non-hydrogen) atoms. The van der Waals surface area contributed by atoms with Gasteiger partial charge in [0, 0.05) is 5.69 Å². The number of hydrogen-bond donors (Lipinski definition) is 3. The molecule has 1 amide bonds. The first-order valence-electron chi connectivity index (χ1n) is 4.93. The lowest BCUT2D eigenvalue weighted by Crippen LogP contribution is -2.14. The maximum absolute atomic E-state index is 13.7. The number of carbonyl (C=O) groups excluding carboxylic acids is 1. The fourth-order valence-electron chi connectivity index (χ4n) is 1.33. The Morgan fingerprint density at radius 1 is 1.50 bits per heavy atom. The number of carbonyl (C=O) groups is 1. The molecule has 2 aromatic rings. The van der Waals surface area contributed by atoms with Crippen molar-refractivity contribution in [1.29, 1.82) is 0 Å². The van der Waals surface area contributed by atoms with Gasteiger partial charge < -0.3 is 11.5 Å². The molecule has 0 aliphatic carbocycles. The highest BCUT2D eigenvalue weighted by Crippen LogP contribution is 2.30. The number of nitrogens with zero attached hydrogens (tertiary/aromatic N) is 2. The highest BCUT2D eigenvalue weighted by Gasteiger charge is 2.14. The van der Waals surface area contributed by atoms with E-state index in [9.17, 15) is 9.18 Å². The van der Waals surface area contributed by atoms with Crippen LogP contribution in [0.4, 0.5) is 10.1 Å². The highest BCUT2D eigenvalue weighted by atomic mass is 32.2. The zero-order chi connectivity index (χ0) is 13.3. The summed E-state index contributed by atoms with van der Waals surface area (Å²) in [6, 6.07) is 2.35. The number of aromatic amines is 1. The predicted octanol–water partition coefficient (Wildman–Crippen LogP) is 1.08. The monoisotopic (exact) mass is 267 g/mol. The lowest BCUT2D eigenvalue weighted by Gasteiger charge is -2.05. The molecular weight excluding hydrogens is 257 g/mol. The van der Waals surface area contributed by atoms with E-state index in [4.69, 9.17) is 11.5 Å². The van der Waals surface area contributed by atoms with Gasteiger partial charge in [0.05, 0.1) is 10.5 Å². The molecule has 94 valence electrons. The van der Waals surface area contributed by atoms with Crippen molar-refractivity contribution < 1.29 is 9.18 Å². The van der Waals surface area contributed by atoms with Crippen LogP contribution in [0.5, 0.6) is 0 Å². The fraction of sp³-hybridized carbons (Fsp3) is 0.100. The van der Waals surface area contributed by atoms with E-state index in [1.165, 1.54) is 6.07 Å². The highest BCUT2D eigenvalue weighted by molar-refractivity contribution is 7.99. The first-order valence-corrected chi connectivity index (χ1v) is 5.74. The first-order chi connectivity index (χ1) is 8.47. The molecule has 0 atom stereocenters. The standard InChI is InChI=1S/C10H10FN5OS/c1-4-14-10(16-15-4)18-8-2-5(9(13)17)7(12)3-6(8)11/h2-3H,12H2,1H3,(H2,13,17)(H,14,15,16). The van der Waals surface area contributed by atoms with Gasteiger partial charge in [0.15, 0.2) is 0 Å². The number of hydrogen-bond acceptors (Lipinski definition) is 5. The Kier molecular flexibility index (Phi) is 3.19. The maximum atomic E-state index is 13.7. The second-order valence-corrected chi connectivity index (χ2v) is 4.55. The third kappa shape index (κ3) is 2.43. The normalized spacial score (nSPS) is 10.6. The van der Waals surface area contributed by atoms with E-state index < -0.39 is 11.7 Å². The van der Waals surface area contributed by atoms with E-state index in [-0.39, 0.29) is 16.1 Å². The summed E-state index contributed by atoms with van der Waals surface area (Å²) in [7, 11) is 0. The Morgan fingerprint density at radius 3 is 2.78 bits per heavy atom. The quantitative estimate of drug-likeness (QED) is 0.721. The van der Waals surface area contributed by atoms with Crippen molar-refractivity contribution in [2.75, 3.05) is 5.73 Å². The third-order valence-electron chi connectivity index (χ3n) is 2.15. The Balaban J connectivity index is 2.38. The number of H-pyrrole nitrogens is 1. The van der Waals surface area contributed by atoms with Crippen LogP contribution in [0.15, 0.2) is 22.2 Å². The van der Waals surface area contributed by atoms with Crippen LogP contribution in [0.1, 0.15) is 16.2 Å². The number of nitrogens with two attached hydrogens (primary N) is 2. The van der Waals surface area contributed by atoms with Crippen LogP contribution in [-0.4, -0.2) is 21.1 Å². The van der Waals surface area contributed by atoms with E-state index in [2.05, 4.69) is 15.2 Å². The summed E-state index contributed by atoms with van der Waals surface area (Å²) in [6.45, 7) is 1.73. The van der Waals surface area contributed by atoms with Crippen molar-refractivity contribution in [1.82, 2.24) is 15.2 Å². The Labute approximate surface area is 106 Å². The average molecular weight is 267 g/mol. The summed E-state index contributed by atoms with van der Waals surface area (Å²) in [5.74, 6) is -0.644. The van der Waals surface area contributed by atoms with E-state index in [0.29, 0.717) is 11.0 Å². The maximum Gasteiger partial charge on any atom is 0.250 e. The van der Waals surface area contributed by atoms with Crippen LogP contribution >= 0.6 is 11.8 Å². The molecule has 0 bridgehead atoms. The number of primary amides is 1. The Morgan fingerprint density at radius 2 is 2.22 bits per heavy atom. The Bertz CT molecular complexity index is 612. The van der Waals surface area contributed by atoms with E-state index in [1.54, 1.807) is 6.92 Å². The molecule has 0 saturated heterocycles. The molecule has 2 rings (SSSR count). The van der Waals surface area contributed by atoms with Gasteiger partial charge >= 0.3 is 0 Å². The van der Waals surface area contributed by atoms with Gasteiger partial charge in [0.25, 0.3) is 5.91 Å². The van der Waals surface area contributed by atoms with Gasteiger partial charge in [0.2, 0.25) is 5.16 Å². The van der Waals surface area contributed by atoms with Crippen LogP contribution < -0.4 is 11.5 Å². The number of benzene rings is 1. The van der Waals surface area contributed by atoms with Gasteiger partial charge in [-0.25, -0.2) is 9.37 Å². The molecule has 1 aromatic carbocycles. The van der Waals surface area contributed by atoms with E-state index in [0.717, 1.165) is 17.8 Å². The second kappa shape index (κ2) is 4.65. The number of aryl methyl sites for hydroxylation is 1. The third-order valence-corrected chi connectivity index (χ3v) is 3.05. The summed E-state index contributed by atoms with van der Waals surface area (Å²) in [6.07, 6.45) is 0. The molecular formula is C10H10FN5OS. The lowest BCUT2D eigenvalue weighted by atomic mass is 10.1. The number of amides is 1. The Hall–Kier alpha value is -2.09. The molecule has 5 N–H and O–H groups in total. The summed E-state index contributed by atoms with van der Waals surface area (Å²) < 4.78 is 13.7. The number of rotatable bonds is 3. The van der Waals surface area contributed by atoms with Crippen LogP contribution in [0.3, 0.4) is 0 Å². The van der Waals surface area contributed by atoms with Crippen LogP contribution in [0.2, 0.25) is 0 Å². The summed E-state index contributed by atoms with van der Waals surface area (Å²) in [5, 5.41) is 6.85. The molecule has 8 heteroatoms. The van der Waals surface area contributed by atoms with Gasteiger partial charge in [0.1, 0.15) is 11.6 Å². The van der Waals surface area contributed by atoms with Gasteiger partial charge in [-0.05, 0) is 30.8 Å². The summed E-state index contributed by atoms with van der Waals surface area (Å²) in [4.78, 5) is 15.3. The van der Waals surface area contributed by atoms with Crippen molar-refractivity contribution in [2.45, 2.75) is 17.0 Å². The molecule has 0 saturated carbocycles. The molecule has 0 fully saturated rings. The number of aromatic nitrogens is 3. The van der Waals surface area contributed by atoms with Crippen molar-refractivity contribution in [2.24, 2.45) is 5.73 Å². The molecule has 0 spiro atoms. The fourth-order valence-corrected chi connectivity index (χ4v) is 2.13. The van der Waals surface area contributed by atoms with Crippen LogP contribution in [0, 0.1) is 12.7 Å². The van der Waals surface area contributed by atoms with Crippen molar-refractivity contribution >= 4 is 23.4 Å². The summed E-state index contributed by atoms with van der Waals surface area (Å²) in [5.41, 5.74) is 10.7. The largest absolute Gasteiger partial charge is 0.398 e. The molecule has 0 radical (unpaired) electrons. The SMILES string of the molecule is Cc1nc(Sc2cc(C(N)=O)c(N)cc2F)n[nH]1. The van der Waals surface area contributed by atoms with Crippen molar-refractivity contribution in [3.63, 3.8) is 0 Å². The number of halogens is 1. The second-order valence-electron chi connectivity index (χ2n) is 3.54. The minimum atomic E-state index is -0.708. The number of anilines is 1. The first kappa shape index (κ1) is 12.4. The molecule has 0 unspecified atom stereocenters. The van der Waals surface area contributed by atoms with E-state index in [1.807, 2.05) is 0 Å². The number of nitrogens with one attached hydrogen (secondary N) is 1. The molecule has 0 aliphatic heterocycles. The van der Waals surface area contributed by atoms with Crippen LogP contribution in [-0.2, 0) is 0 Å². The van der Waals surface area contributed by atoms with Gasteiger partial charge in [-0.1, -0.05) is 0 Å². The molecule has 1 aromatic heterocycles. The minimum Gasteiger partial charge on any atom is -0.398 e. The zero-order valence-corrected chi connectivity index (χ0v) is 10.2. The van der Waals surface area contributed by atoms with Gasteiger partial charge in [-0.2, -0.15) is 0 Å². The summed E-state index contributed by atoms with van der Waals surface area (Å²) >= 11 is 0.984. The lowest BCUT2D eigenvalue weighted by molar-refractivity contribution is 0.100. The average Bonchev–Trinajstić information content (AvgIpc) is 2.67. The zero-order valence-electron chi connectivity index (χ0n) is 9.40. The number of nitrogen functional groups attached to an aromatic ring is 1. The molecule has 6 nitrogen and oxygen atoms in total. The topological polar surface area (TPSA) is 111 Å². The smallest absolute Gasteiger partial charge is 0.250 e. The van der Waals surface area contributed by atoms with Gasteiger partial charge in [-0.15, -0.1) is 5.10 Å². The molecule has 0 aliphatic rings. The molecule has 1 heterocycles. The minimum absolute atomic E-state index is 0.00974. The van der Waals surface area contributed by atoms with Crippen molar-refractivity contribution in [3.05, 3.63) is 29.3 Å². The predicted molar refractivity (Wildman–Crippen MR) is 64.6 cm³/mol. The van der Waals surface area contributed by atoms with E-state index >= 15 is 0 Å². The van der Waals surface area contributed by atoms with Crippen molar-refractivity contribution in [3.8, 4) is 0 Å².